The van der Waals surface area contributed by atoms with Crippen LogP contribution in [0.5, 0.6) is 17.2 Å². The molecule has 0 fully saturated rings. The summed E-state index contributed by atoms with van der Waals surface area (Å²) in [5.41, 5.74) is 0.785. The Morgan fingerprint density at radius 2 is 1.85 bits per heavy atom. The number of carbonyl (C=O) groups is 2. The van der Waals surface area contributed by atoms with Gasteiger partial charge in [0.1, 0.15) is 18.5 Å². The maximum absolute atomic E-state index is 11.9. The predicted molar refractivity (Wildman–Crippen MR) is 97.0 cm³/mol. The monoisotopic (exact) mass is 371 g/mol. The molecule has 0 unspecified atom stereocenters. The molecule has 1 N–H and O–H groups in total. The van der Waals surface area contributed by atoms with Crippen LogP contribution >= 0.6 is 0 Å². The van der Waals surface area contributed by atoms with Crippen molar-refractivity contribution in [3.05, 3.63) is 54.1 Å². The van der Waals surface area contributed by atoms with Gasteiger partial charge in [-0.2, -0.15) is 0 Å². The van der Waals surface area contributed by atoms with Gasteiger partial charge in [-0.15, -0.1) is 0 Å². The molecule has 0 radical (unpaired) electrons. The van der Waals surface area contributed by atoms with Crippen molar-refractivity contribution in [2.45, 2.75) is 12.5 Å². The van der Waals surface area contributed by atoms with Gasteiger partial charge in [-0.3, -0.25) is 9.59 Å². The number of esters is 1. The third-order valence-corrected chi connectivity index (χ3v) is 3.97. The van der Waals surface area contributed by atoms with Gasteiger partial charge in [-0.25, -0.2) is 0 Å². The lowest BCUT2D eigenvalue weighted by molar-refractivity contribution is -0.148. The summed E-state index contributed by atoms with van der Waals surface area (Å²) in [6.45, 7) is 0.275. The number of methoxy groups -OCH3 is 1. The second kappa shape index (κ2) is 8.93. The van der Waals surface area contributed by atoms with Crippen molar-refractivity contribution in [1.29, 1.82) is 0 Å². The molecule has 1 aliphatic rings. The van der Waals surface area contributed by atoms with Crippen molar-refractivity contribution < 1.29 is 28.5 Å². The van der Waals surface area contributed by atoms with Crippen LogP contribution in [0.2, 0.25) is 0 Å². The Labute approximate surface area is 157 Å². The van der Waals surface area contributed by atoms with E-state index in [0.29, 0.717) is 23.9 Å². The molecule has 27 heavy (non-hydrogen) atoms. The van der Waals surface area contributed by atoms with Crippen molar-refractivity contribution in [3.63, 3.8) is 0 Å². The van der Waals surface area contributed by atoms with E-state index in [4.69, 9.17) is 18.9 Å². The molecular weight excluding hydrogens is 350 g/mol. The number of amides is 1. The molecule has 1 heterocycles. The van der Waals surface area contributed by atoms with E-state index in [9.17, 15) is 9.59 Å². The van der Waals surface area contributed by atoms with Crippen LogP contribution in [0.4, 0.5) is 0 Å². The highest BCUT2D eigenvalue weighted by Gasteiger charge is 2.21. The van der Waals surface area contributed by atoms with E-state index in [1.54, 1.807) is 31.4 Å². The third-order valence-electron chi connectivity index (χ3n) is 3.97. The molecule has 0 aliphatic carbocycles. The first-order chi connectivity index (χ1) is 13.1. The third kappa shape index (κ3) is 5.37. The van der Waals surface area contributed by atoms with Gasteiger partial charge in [0.15, 0.2) is 18.1 Å². The topological polar surface area (TPSA) is 83.1 Å². The number of para-hydroxylation sites is 2. The van der Waals surface area contributed by atoms with Crippen LogP contribution in [0.15, 0.2) is 48.5 Å². The van der Waals surface area contributed by atoms with Crippen LogP contribution < -0.4 is 19.5 Å². The Bertz CT molecular complexity index is 789. The van der Waals surface area contributed by atoms with Gasteiger partial charge in [0.05, 0.1) is 20.1 Å². The largest absolute Gasteiger partial charge is 0.497 e. The highest BCUT2D eigenvalue weighted by molar-refractivity contribution is 5.81. The number of nitrogens with one attached hydrogen (secondary N) is 1. The van der Waals surface area contributed by atoms with Gasteiger partial charge in [-0.05, 0) is 29.8 Å². The number of ether oxygens (including phenoxy) is 4. The van der Waals surface area contributed by atoms with Crippen LogP contribution in [0, 0.1) is 0 Å². The minimum Gasteiger partial charge on any atom is -0.497 e. The second-order valence-electron chi connectivity index (χ2n) is 5.99. The molecule has 0 saturated carbocycles. The van der Waals surface area contributed by atoms with Crippen LogP contribution in [-0.4, -0.2) is 44.8 Å². The zero-order valence-electron chi connectivity index (χ0n) is 15.0. The zero-order chi connectivity index (χ0) is 19.1. The van der Waals surface area contributed by atoms with Crippen LogP contribution in [0.1, 0.15) is 5.56 Å². The molecule has 0 bridgehead atoms. The van der Waals surface area contributed by atoms with Gasteiger partial charge in [0.2, 0.25) is 0 Å². The molecule has 1 atom stereocenters. The van der Waals surface area contributed by atoms with Crippen molar-refractivity contribution in [2.75, 3.05) is 26.9 Å². The number of hydrogen-bond acceptors (Lipinski definition) is 6. The van der Waals surface area contributed by atoms with E-state index in [1.807, 2.05) is 24.3 Å². The van der Waals surface area contributed by atoms with E-state index < -0.39 is 5.97 Å². The summed E-state index contributed by atoms with van der Waals surface area (Å²) in [6.07, 6.45) is -0.202. The van der Waals surface area contributed by atoms with Crippen molar-refractivity contribution in [1.82, 2.24) is 5.32 Å². The summed E-state index contributed by atoms with van der Waals surface area (Å²) in [5.74, 6) is 1.19. The number of carbonyl (C=O) groups excluding carboxylic acids is 2. The average molecular weight is 371 g/mol. The molecule has 0 aromatic heterocycles. The highest BCUT2D eigenvalue weighted by atomic mass is 16.6. The predicted octanol–water partition coefficient (Wildman–Crippen LogP) is 1.74. The summed E-state index contributed by atoms with van der Waals surface area (Å²) in [5, 5.41) is 2.68. The Balaban J connectivity index is 1.36. The van der Waals surface area contributed by atoms with Crippen LogP contribution in [-0.2, 0) is 20.7 Å². The van der Waals surface area contributed by atoms with E-state index in [-0.39, 0.29) is 31.6 Å². The SMILES string of the molecule is COc1ccc(CC(=O)OCC(=O)NC[C@@H]2COc3ccccc3O2)cc1. The Kier molecular flexibility index (Phi) is 6.14. The normalized spacial score (nSPS) is 14.9. The summed E-state index contributed by atoms with van der Waals surface area (Å²) in [7, 11) is 1.57. The first-order valence-electron chi connectivity index (χ1n) is 8.58. The summed E-state index contributed by atoms with van der Waals surface area (Å²) in [4.78, 5) is 23.7. The fourth-order valence-electron chi connectivity index (χ4n) is 2.55. The molecule has 7 nitrogen and oxygen atoms in total. The molecule has 7 heteroatoms. The lowest BCUT2D eigenvalue weighted by atomic mass is 10.1. The summed E-state index contributed by atoms with van der Waals surface area (Å²) in [6, 6.07) is 14.4. The maximum Gasteiger partial charge on any atom is 0.310 e. The van der Waals surface area contributed by atoms with Gasteiger partial charge >= 0.3 is 5.97 Å². The van der Waals surface area contributed by atoms with Gasteiger partial charge in [0, 0.05) is 0 Å². The standard InChI is InChI=1S/C20H21NO6/c1-24-15-8-6-14(7-9-15)10-20(23)26-13-19(22)21-11-16-12-25-17-4-2-3-5-18(17)27-16/h2-9,16H,10-13H2,1H3,(H,21,22)/t16-/m1/s1. The number of benzene rings is 2. The Hall–Kier alpha value is -3.22. The summed E-state index contributed by atoms with van der Waals surface area (Å²) >= 11 is 0. The lowest BCUT2D eigenvalue weighted by Gasteiger charge is -2.26. The van der Waals surface area contributed by atoms with Gasteiger partial charge < -0.3 is 24.3 Å². The van der Waals surface area contributed by atoms with Gasteiger partial charge in [-0.1, -0.05) is 24.3 Å². The van der Waals surface area contributed by atoms with E-state index >= 15 is 0 Å². The van der Waals surface area contributed by atoms with Gasteiger partial charge in [0.25, 0.3) is 5.91 Å². The first kappa shape index (κ1) is 18.6. The Morgan fingerprint density at radius 3 is 2.59 bits per heavy atom. The smallest absolute Gasteiger partial charge is 0.310 e. The first-order valence-corrected chi connectivity index (χ1v) is 8.58. The van der Waals surface area contributed by atoms with E-state index in [1.165, 1.54) is 0 Å². The average Bonchev–Trinajstić information content (AvgIpc) is 2.71. The van der Waals surface area contributed by atoms with E-state index in [0.717, 1.165) is 5.56 Å². The fourth-order valence-corrected chi connectivity index (χ4v) is 2.55. The van der Waals surface area contributed by atoms with Crippen LogP contribution in [0.3, 0.4) is 0 Å². The van der Waals surface area contributed by atoms with E-state index in [2.05, 4.69) is 5.32 Å². The molecular formula is C20H21NO6. The summed E-state index contributed by atoms with van der Waals surface area (Å²) < 4.78 is 21.4. The highest BCUT2D eigenvalue weighted by Crippen LogP contribution is 2.30. The fraction of sp³-hybridized carbons (Fsp3) is 0.300. The van der Waals surface area contributed by atoms with Crippen molar-refractivity contribution in [2.24, 2.45) is 0 Å². The van der Waals surface area contributed by atoms with Crippen LogP contribution in [0.25, 0.3) is 0 Å². The van der Waals surface area contributed by atoms with Crippen molar-refractivity contribution in [3.8, 4) is 17.2 Å². The zero-order valence-corrected chi connectivity index (χ0v) is 15.0. The molecule has 1 amide bonds. The molecule has 1 aliphatic heterocycles. The quantitative estimate of drug-likeness (QED) is 0.747. The second-order valence-corrected chi connectivity index (χ2v) is 5.99. The number of fused-ring (bicyclic) bond motifs is 1. The molecule has 0 spiro atoms. The Morgan fingerprint density at radius 1 is 1.11 bits per heavy atom. The minimum atomic E-state index is -0.471. The molecule has 0 saturated heterocycles. The number of rotatable bonds is 7. The lowest BCUT2D eigenvalue weighted by Crippen LogP contribution is -2.42. The molecule has 2 aromatic carbocycles. The molecule has 2 aromatic rings. The number of hydrogen-bond donors (Lipinski definition) is 1. The molecule has 3 rings (SSSR count). The molecule has 142 valence electrons. The van der Waals surface area contributed by atoms with Crippen molar-refractivity contribution >= 4 is 11.9 Å². The maximum atomic E-state index is 11.9. The minimum absolute atomic E-state index is 0.0909.